The van der Waals surface area contributed by atoms with Gasteiger partial charge < -0.3 is 30.3 Å². The maximum absolute atomic E-state index is 12.8. The van der Waals surface area contributed by atoms with Crippen LogP contribution in [-0.4, -0.2) is 74.8 Å². The molecule has 2 aliphatic heterocycles. The zero-order valence-electron chi connectivity index (χ0n) is 17.7. The maximum Gasteiger partial charge on any atom is 0.409 e. The molecule has 0 saturated carbocycles. The summed E-state index contributed by atoms with van der Waals surface area (Å²) in [7, 11) is 2.97. The molecule has 3 rings (SSSR count). The highest BCUT2D eigenvalue weighted by Crippen LogP contribution is 2.29. The van der Waals surface area contributed by atoms with Crippen LogP contribution in [0.1, 0.15) is 36.0 Å². The third-order valence-corrected chi connectivity index (χ3v) is 6.74. The predicted molar refractivity (Wildman–Crippen MR) is 119 cm³/mol. The van der Waals surface area contributed by atoms with Crippen molar-refractivity contribution in [2.75, 3.05) is 52.7 Å². The SMILES string of the molecule is COC(=O)N1CCC(CN2CCC(NC(=O)c3cc(Br)c(N)cc3OC)CC2)CC1. The number of rotatable bonds is 5. The molecule has 0 aromatic heterocycles. The van der Waals surface area contributed by atoms with Crippen LogP contribution in [0.25, 0.3) is 0 Å². The fraction of sp³-hybridized carbons (Fsp3) is 0.619. The Morgan fingerprint density at radius 1 is 1.13 bits per heavy atom. The minimum Gasteiger partial charge on any atom is -0.496 e. The van der Waals surface area contributed by atoms with Gasteiger partial charge in [0.05, 0.1) is 19.8 Å². The molecule has 2 saturated heterocycles. The van der Waals surface area contributed by atoms with Crippen molar-refractivity contribution in [3.8, 4) is 5.75 Å². The van der Waals surface area contributed by atoms with Crippen molar-refractivity contribution >= 4 is 33.6 Å². The van der Waals surface area contributed by atoms with Crippen molar-refractivity contribution in [1.82, 2.24) is 15.1 Å². The van der Waals surface area contributed by atoms with Gasteiger partial charge in [0.25, 0.3) is 5.91 Å². The van der Waals surface area contributed by atoms with Crippen LogP contribution in [0.4, 0.5) is 10.5 Å². The Labute approximate surface area is 186 Å². The Hall–Kier alpha value is -2.00. The first-order valence-electron chi connectivity index (χ1n) is 10.4. The summed E-state index contributed by atoms with van der Waals surface area (Å²) < 4.78 is 10.8. The first-order chi connectivity index (χ1) is 14.4. The predicted octanol–water partition coefficient (Wildman–Crippen LogP) is 2.71. The van der Waals surface area contributed by atoms with Gasteiger partial charge in [-0.25, -0.2) is 4.79 Å². The molecule has 0 atom stereocenters. The van der Waals surface area contributed by atoms with Gasteiger partial charge in [-0.05, 0) is 53.6 Å². The number of anilines is 1. The molecule has 0 unspecified atom stereocenters. The summed E-state index contributed by atoms with van der Waals surface area (Å²) >= 11 is 3.38. The largest absolute Gasteiger partial charge is 0.496 e. The minimum atomic E-state index is -0.227. The third kappa shape index (κ3) is 5.57. The molecule has 166 valence electrons. The zero-order valence-corrected chi connectivity index (χ0v) is 19.2. The number of likely N-dealkylation sites (tertiary alicyclic amines) is 2. The van der Waals surface area contributed by atoms with Crippen molar-refractivity contribution in [3.63, 3.8) is 0 Å². The van der Waals surface area contributed by atoms with Gasteiger partial charge in [0.15, 0.2) is 0 Å². The zero-order chi connectivity index (χ0) is 21.7. The van der Waals surface area contributed by atoms with Crippen LogP contribution in [0.5, 0.6) is 5.75 Å². The Kier molecular flexibility index (Phi) is 7.82. The number of halogens is 1. The second-order valence-electron chi connectivity index (χ2n) is 8.02. The van der Waals surface area contributed by atoms with E-state index < -0.39 is 0 Å². The van der Waals surface area contributed by atoms with E-state index >= 15 is 0 Å². The van der Waals surface area contributed by atoms with Gasteiger partial charge in [0.1, 0.15) is 5.75 Å². The van der Waals surface area contributed by atoms with E-state index in [-0.39, 0.29) is 18.0 Å². The molecule has 0 bridgehead atoms. The highest BCUT2D eigenvalue weighted by atomic mass is 79.9. The van der Waals surface area contributed by atoms with E-state index in [1.54, 1.807) is 17.0 Å². The number of ether oxygens (including phenoxy) is 2. The highest BCUT2D eigenvalue weighted by Gasteiger charge is 2.27. The molecule has 0 spiro atoms. The van der Waals surface area contributed by atoms with Gasteiger partial charge in [0.2, 0.25) is 0 Å². The van der Waals surface area contributed by atoms with Gasteiger partial charge >= 0.3 is 6.09 Å². The van der Waals surface area contributed by atoms with Crippen molar-refractivity contribution in [1.29, 1.82) is 0 Å². The summed E-state index contributed by atoms with van der Waals surface area (Å²) in [4.78, 5) is 28.6. The number of nitrogens with two attached hydrogens (primary N) is 1. The van der Waals surface area contributed by atoms with E-state index in [9.17, 15) is 9.59 Å². The molecule has 9 heteroatoms. The lowest BCUT2D eigenvalue weighted by Gasteiger charge is -2.37. The van der Waals surface area contributed by atoms with Crippen LogP contribution in [0, 0.1) is 5.92 Å². The lowest BCUT2D eigenvalue weighted by Crippen LogP contribution is -2.47. The number of nitrogen functional groups attached to an aromatic ring is 1. The molecule has 2 heterocycles. The van der Waals surface area contributed by atoms with E-state index in [4.69, 9.17) is 15.2 Å². The number of methoxy groups -OCH3 is 2. The standard InChI is InChI=1S/C21H31BrN4O4/c1-29-19-12-18(23)17(22)11-16(19)20(27)24-15-5-7-25(8-6-15)13-14-3-9-26(10-4-14)21(28)30-2/h11-12,14-15H,3-10,13,23H2,1-2H3,(H,24,27). The van der Waals surface area contributed by atoms with Crippen LogP contribution in [-0.2, 0) is 4.74 Å². The summed E-state index contributed by atoms with van der Waals surface area (Å²) in [6.07, 6.45) is 3.64. The van der Waals surface area contributed by atoms with Crippen LogP contribution < -0.4 is 15.8 Å². The molecule has 8 nitrogen and oxygen atoms in total. The smallest absolute Gasteiger partial charge is 0.409 e. The number of piperidine rings is 2. The van der Waals surface area contributed by atoms with Crippen molar-refractivity contribution in [3.05, 3.63) is 22.2 Å². The van der Waals surface area contributed by atoms with Crippen LogP contribution in [0.15, 0.2) is 16.6 Å². The summed E-state index contributed by atoms with van der Waals surface area (Å²) in [6, 6.07) is 3.52. The van der Waals surface area contributed by atoms with Gasteiger partial charge in [-0.15, -0.1) is 0 Å². The van der Waals surface area contributed by atoms with Gasteiger partial charge in [-0.2, -0.15) is 0 Å². The number of amides is 2. The lowest BCUT2D eigenvalue weighted by molar-refractivity contribution is 0.0855. The van der Waals surface area contributed by atoms with Gasteiger partial charge in [0, 0.05) is 55.0 Å². The van der Waals surface area contributed by atoms with E-state index in [0.717, 1.165) is 58.4 Å². The summed E-state index contributed by atoms with van der Waals surface area (Å²) in [6.45, 7) is 4.51. The molecular weight excluding hydrogens is 452 g/mol. The summed E-state index contributed by atoms with van der Waals surface area (Å²) in [5, 5.41) is 3.14. The van der Waals surface area contributed by atoms with Crippen LogP contribution in [0.3, 0.4) is 0 Å². The normalized spacial score (nSPS) is 18.8. The average molecular weight is 483 g/mol. The Morgan fingerprint density at radius 2 is 1.80 bits per heavy atom. The van der Waals surface area contributed by atoms with E-state index in [0.29, 0.717) is 27.4 Å². The van der Waals surface area contributed by atoms with Crippen molar-refractivity contribution in [2.45, 2.75) is 31.7 Å². The Bertz CT molecular complexity index is 760. The molecule has 2 amide bonds. The Balaban J connectivity index is 1.45. The fourth-order valence-corrected chi connectivity index (χ4v) is 4.57. The molecule has 2 aliphatic rings. The molecule has 1 aromatic rings. The second kappa shape index (κ2) is 10.3. The maximum atomic E-state index is 12.8. The second-order valence-corrected chi connectivity index (χ2v) is 8.88. The molecule has 30 heavy (non-hydrogen) atoms. The van der Waals surface area contributed by atoms with E-state index in [1.165, 1.54) is 14.2 Å². The number of hydrogen-bond donors (Lipinski definition) is 2. The number of benzene rings is 1. The topological polar surface area (TPSA) is 97.1 Å². The fourth-order valence-electron chi connectivity index (χ4n) is 4.23. The van der Waals surface area contributed by atoms with Crippen LogP contribution >= 0.6 is 15.9 Å². The number of carbonyl (C=O) groups excluding carboxylic acids is 2. The quantitative estimate of drug-likeness (QED) is 0.626. The first kappa shape index (κ1) is 22.7. The number of nitrogens with one attached hydrogen (secondary N) is 1. The number of hydrogen-bond acceptors (Lipinski definition) is 6. The van der Waals surface area contributed by atoms with E-state index in [2.05, 4.69) is 26.1 Å². The van der Waals surface area contributed by atoms with Crippen molar-refractivity contribution in [2.24, 2.45) is 5.92 Å². The summed E-state index contributed by atoms with van der Waals surface area (Å²) in [5.41, 5.74) is 6.90. The number of carbonyl (C=O) groups is 2. The van der Waals surface area contributed by atoms with E-state index in [1.807, 2.05) is 0 Å². The highest BCUT2D eigenvalue weighted by molar-refractivity contribution is 9.10. The monoisotopic (exact) mass is 482 g/mol. The molecule has 2 fully saturated rings. The van der Waals surface area contributed by atoms with Gasteiger partial charge in [-0.3, -0.25) is 4.79 Å². The molecular formula is C21H31BrN4O4. The van der Waals surface area contributed by atoms with Crippen LogP contribution in [0.2, 0.25) is 0 Å². The molecule has 3 N–H and O–H groups in total. The van der Waals surface area contributed by atoms with Crippen molar-refractivity contribution < 1.29 is 19.1 Å². The summed E-state index contributed by atoms with van der Waals surface area (Å²) in [5.74, 6) is 0.943. The first-order valence-corrected chi connectivity index (χ1v) is 11.2. The molecule has 0 aliphatic carbocycles. The average Bonchev–Trinajstić information content (AvgIpc) is 2.76. The third-order valence-electron chi connectivity index (χ3n) is 6.05. The lowest BCUT2D eigenvalue weighted by atomic mass is 9.95. The molecule has 0 radical (unpaired) electrons. The van der Waals surface area contributed by atoms with Gasteiger partial charge in [-0.1, -0.05) is 0 Å². The Morgan fingerprint density at radius 3 is 2.40 bits per heavy atom. The molecule has 1 aromatic carbocycles. The minimum absolute atomic E-state index is 0.138. The number of nitrogens with zero attached hydrogens (tertiary/aromatic N) is 2.